The second kappa shape index (κ2) is 9.75. The van der Waals surface area contributed by atoms with Crippen LogP contribution in [0.5, 0.6) is 0 Å². The van der Waals surface area contributed by atoms with Crippen LogP contribution < -0.4 is 11.1 Å². The van der Waals surface area contributed by atoms with E-state index in [1.165, 1.54) is 46.4 Å². The van der Waals surface area contributed by atoms with Gasteiger partial charge in [0, 0.05) is 16.9 Å². The lowest BCUT2D eigenvalue weighted by molar-refractivity contribution is -0.150. The first-order chi connectivity index (χ1) is 17.4. The summed E-state index contributed by atoms with van der Waals surface area (Å²) in [5.74, 6) is -1.74. The number of carboxylic acids is 1. The molecule has 5 heterocycles. The van der Waals surface area contributed by atoms with E-state index in [0.717, 1.165) is 11.3 Å². The number of aliphatic carboxylic acids is 1. The third kappa shape index (κ3) is 4.35. The number of amides is 2. The minimum Gasteiger partial charge on any atom is -0.477 e. The lowest BCUT2D eigenvalue weighted by atomic mass is 10.0. The number of hydrogen-bond acceptors (Lipinski definition) is 13. The molecular formula is C19H17N9O5S3. The molecule has 186 valence electrons. The number of nitrogens with zero attached hydrogens (tertiary/aromatic N) is 7. The predicted octanol–water partition coefficient (Wildman–Crippen LogP) is 0.0444. The molecule has 2 aliphatic heterocycles. The fraction of sp³-hybridized carbons (Fsp3) is 0.263. The summed E-state index contributed by atoms with van der Waals surface area (Å²) in [5, 5.41) is 30.1. The molecule has 0 unspecified atom stereocenters. The first-order valence-corrected chi connectivity index (χ1v) is 13.1. The van der Waals surface area contributed by atoms with Crippen molar-refractivity contribution in [2.45, 2.75) is 16.4 Å². The smallest absolute Gasteiger partial charge is 0.352 e. The van der Waals surface area contributed by atoms with Gasteiger partial charge in [-0.15, -0.1) is 45.1 Å². The average molecular weight is 548 g/mol. The molecule has 1 fully saturated rings. The third-order valence-corrected chi connectivity index (χ3v) is 8.25. The van der Waals surface area contributed by atoms with Crippen LogP contribution >= 0.6 is 34.9 Å². The molecular weight excluding hydrogens is 530 g/mol. The molecule has 5 rings (SSSR count). The van der Waals surface area contributed by atoms with Crippen LogP contribution in [-0.2, 0) is 19.2 Å². The van der Waals surface area contributed by atoms with E-state index in [-0.39, 0.29) is 22.2 Å². The van der Waals surface area contributed by atoms with Gasteiger partial charge in [-0.05, 0) is 17.7 Å². The molecule has 0 aliphatic carbocycles. The maximum absolute atomic E-state index is 13.0. The molecule has 14 nitrogen and oxygen atoms in total. The van der Waals surface area contributed by atoms with Crippen molar-refractivity contribution in [3.8, 4) is 0 Å². The number of carbonyl (C=O) groups excluding carboxylic acids is 2. The molecule has 0 spiro atoms. The number of hydrogen-bond donors (Lipinski definition) is 3. The first kappa shape index (κ1) is 24.0. The van der Waals surface area contributed by atoms with E-state index >= 15 is 0 Å². The summed E-state index contributed by atoms with van der Waals surface area (Å²) in [6.07, 6.45) is 1.47. The number of thiazole rings is 1. The maximum atomic E-state index is 13.0. The molecule has 2 atom stereocenters. The second-order valence-corrected chi connectivity index (χ2v) is 10.4. The summed E-state index contributed by atoms with van der Waals surface area (Å²) in [4.78, 5) is 47.9. The zero-order chi connectivity index (χ0) is 25.4. The molecule has 4 N–H and O–H groups in total. The Bertz CT molecular complexity index is 1430. The Morgan fingerprint density at radius 1 is 1.42 bits per heavy atom. The number of nitrogens with two attached hydrogens (primary N) is 1. The van der Waals surface area contributed by atoms with E-state index in [0.29, 0.717) is 27.8 Å². The van der Waals surface area contributed by atoms with Gasteiger partial charge in [0.15, 0.2) is 16.5 Å². The first-order valence-electron chi connectivity index (χ1n) is 10.2. The number of carboxylic acid groups (broad SMARTS) is 1. The van der Waals surface area contributed by atoms with Crippen LogP contribution in [-0.4, -0.2) is 88.3 Å². The van der Waals surface area contributed by atoms with Gasteiger partial charge in [-0.25, -0.2) is 9.78 Å². The Labute approximate surface area is 215 Å². The van der Waals surface area contributed by atoms with E-state index in [9.17, 15) is 19.5 Å². The van der Waals surface area contributed by atoms with E-state index in [2.05, 4.69) is 30.8 Å². The van der Waals surface area contributed by atoms with Crippen molar-refractivity contribution in [1.29, 1.82) is 0 Å². The quantitative estimate of drug-likeness (QED) is 0.149. The van der Waals surface area contributed by atoms with Gasteiger partial charge in [0.25, 0.3) is 11.8 Å². The Morgan fingerprint density at radius 2 is 2.25 bits per heavy atom. The molecule has 0 radical (unpaired) electrons. The number of fused-ring (bicyclic) bond motifs is 2. The van der Waals surface area contributed by atoms with Crippen molar-refractivity contribution < 1.29 is 24.3 Å². The van der Waals surface area contributed by atoms with Gasteiger partial charge >= 0.3 is 5.97 Å². The number of rotatable bonds is 8. The molecule has 3 aromatic rings. The average Bonchev–Trinajstić information content (AvgIpc) is 3.51. The van der Waals surface area contributed by atoms with Crippen molar-refractivity contribution in [2.75, 3.05) is 24.3 Å². The number of thioether (sulfide) groups is 2. The summed E-state index contributed by atoms with van der Waals surface area (Å²) in [6.45, 7) is 0. The topological polar surface area (TPSA) is 190 Å². The zero-order valence-corrected chi connectivity index (χ0v) is 20.8. The minimum absolute atomic E-state index is 0.0785. The van der Waals surface area contributed by atoms with Crippen molar-refractivity contribution in [2.24, 2.45) is 5.16 Å². The summed E-state index contributed by atoms with van der Waals surface area (Å²) < 4.78 is 1.52. The number of oxime groups is 1. The van der Waals surface area contributed by atoms with Crippen molar-refractivity contribution >= 4 is 69.1 Å². The van der Waals surface area contributed by atoms with Crippen LogP contribution in [0, 0.1) is 0 Å². The number of aromatic nitrogens is 5. The number of β-lactam (4-membered cyclic amide) rings is 1. The highest BCUT2D eigenvalue weighted by atomic mass is 32.2. The molecule has 2 amide bonds. The Kier molecular flexibility index (Phi) is 6.50. The molecule has 0 saturated carbocycles. The summed E-state index contributed by atoms with van der Waals surface area (Å²) >= 11 is 3.83. The second-order valence-electron chi connectivity index (χ2n) is 7.41. The van der Waals surface area contributed by atoms with Gasteiger partial charge in [-0.3, -0.25) is 14.5 Å². The van der Waals surface area contributed by atoms with Gasteiger partial charge in [0.1, 0.15) is 41.3 Å². The predicted molar refractivity (Wildman–Crippen MR) is 131 cm³/mol. The van der Waals surface area contributed by atoms with Gasteiger partial charge in [0.05, 0.1) is 0 Å². The third-order valence-electron chi connectivity index (χ3n) is 5.23. The normalized spacial score (nSPS) is 19.8. The Balaban J connectivity index is 1.30. The molecule has 36 heavy (non-hydrogen) atoms. The SMILES string of the molecule is CO/N=C(\C(=O)N[C@@H]1C(=O)N2C(C(=O)O)=C(CSc3ccc4nncn4n3)CS[C@H]12)c1csc(N)n1. The van der Waals surface area contributed by atoms with Crippen LogP contribution in [0.15, 0.2) is 45.3 Å². The van der Waals surface area contributed by atoms with Crippen LogP contribution in [0.1, 0.15) is 5.69 Å². The van der Waals surface area contributed by atoms with E-state index in [1.807, 2.05) is 0 Å². The molecule has 0 aromatic carbocycles. The van der Waals surface area contributed by atoms with E-state index in [1.54, 1.807) is 17.5 Å². The highest BCUT2D eigenvalue weighted by molar-refractivity contribution is 8.01. The van der Waals surface area contributed by atoms with Crippen LogP contribution in [0.2, 0.25) is 0 Å². The van der Waals surface area contributed by atoms with Crippen molar-refractivity contribution in [1.82, 2.24) is 35.0 Å². The highest BCUT2D eigenvalue weighted by Gasteiger charge is 2.54. The van der Waals surface area contributed by atoms with Crippen LogP contribution in [0.3, 0.4) is 0 Å². The lowest BCUT2D eigenvalue weighted by Crippen LogP contribution is -2.71. The minimum atomic E-state index is -1.21. The standard InChI is InChI=1S/C19H17N9O5S3/c1-33-26-12(9-6-36-19(20)22-9)15(29)23-13-16(30)28-14(18(31)32)8(5-35-17(13)28)4-34-11-3-2-10-24-21-7-27(10)25-11/h2-3,6-7,13,17H,4-5H2,1H3,(H2,20,22)(H,23,29)(H,31,32)/b26-12-/t13-,17-/m1/s1. The molecule has 0 bridgehead atoms. The fourth-order valence-corrected chi connectivity index (χ4v) is 6.54. The van der Waals surface area contributed by atoms with Crippen molar-refractivity contribution in [3.63, 3.8) is 0 Å². The maximum Gasteiger partial charge on any atom is 0.352 e. The Hall–Kier alpha value is -3.70. The fourth-order valence-electron chi connectivity index (χ4n) is 3.65. The van der Waals surface area contributed by atoms with Gasteiger partial charge < -0.3 is 21.0 Å². The molecule has 1 saturated heterocycles. The van der Waals surface area contributed by atoms with Gasteiger partial charge in [-0.1, -0.05) is 5.16 Å². The van der Waals surface area contributed by atoms with E-state index in [4.69, 9.17) is 10.6 Å². The monoisotopic (exact) mass is 547 g/mol. The number of nitrogens with one attached hydrogen (secondary N) is 1. The molecule has 17 heteroatoms. The number of nitrogen functional groups attached to an aromatic ring is 1. The Morgan fingerprint density at radius 3 is 2.97 bits per heavy atom. The zero-order valence-electron chi connectivity index (χ0n) is 18.4. The van der Waals surface area contributed by atoms with Gasteiger partial charge in [-0.2, -0.15) is 9.61 Å². The molecule has 2 aliphatic rings. The molecule has 3 aromatic heterocycles. The summed E-state index contributed by atoms with van der Waals surface area (Å²) in [5.41, 5.74) is 6.81. The van der Waals surface area contributed by atoms with E-state index < -0.39 is 29.2 Å². The summed E-state index contributed by atoms with van der Waals surface area (Å²) in [6, 6.07) is 2.60. The summed E-state index contributed by atoms with van der Waals surface area (Å²) in [7, 11) is 1.28. The number of carbonyl (C=O) groups is 3. The van der Waals surface area contributed by atoms with Gasteiger partial charge in [0.2, 0.25) is 0 Å². The highest BCUT2D eigenvalue weighted by Crippen LogP contribution is 2.41. The van der Waals surface area contributed by atoms with Crippen LogP contribution in [0.4, 0.5) is 5.13 Å². The number of anilines is 1. The van der Waals surface area contributed by atoms with Crippen molar-refractivity contribution in [3.05, 3.63) is 40.8 Å². The largest absolute Gasteiger partial charge is 0.477 e. The lowest BCUT2D eigenvalue weighted by Gasteiger charge is -2.49. The van der Waals surface area contributed by atoms with Crippen LogP contribution in [0.25, 0.3) is 5.65 Å².